The summed E-state index contributed by atoms with van der Waals surface area (Å²) in [6, 6.07) is 18.3. The number of amides is 3. The van der Waals surface area contributed by atoms with E-state index in [0.29, 0.717) is 16.9 Å². The number of ether oxygens (including phenoxy) is 2. The summed E-state index contributed by atoms with van der Waals surface area (Å²) in [4.78, 5) is 63.2. The Labute approximate surface area is 228 Å². The van der Waals surface area contributed by atoms with Gasteiger partial charge < -0.3 is 20.1 Å². The molecule has 0 bridgehead atoms. The molecule has 0 atom stereocenters. The first-order valence-corrected chi connectivity index (χ1v) is 12.0. The van der Waals surface area contributed by atoms with Crippen LogP contribution in [0.3, 0.4) is 0 Å². The predicted molar refractivity (Wildman–Crippen MR) is 144 cm³/mol. The molecule has 2 N–H and O–H groups in total. The molecule has 10 nitrogen and oxygen atoms in total. The maximum absolute atomic E-state index is 13.1. The SMILES string of the molecule is CCOC(=O)c1cccc(N2C(=O)C(Cl)=C(Nc3ccc(C(=O)Nc4cccc(C(=O)OC)c4)cc3)C2=O)c1. The van der Waals surface area contributed by atoms with Crippen LogP contribution in [0.2, 0.25) is 0 Å². The topological polar surface area (TPSA) is 131 Å². The van der Waals surface area contributed by atoms with Crippen LogP contribution in [0.15, 0.2) is 83.5 Å². The standard InChI is InChI=1S/C28H22ClN3O7/c1-3-39-28(37)18-7-5-9-21(15-18)32-25(34)22(29)23(26(32)35)30-19-12-10-16(11-13-19)24(33)31-20-8-4-6-17(14-20)27(36)38-2/h4-15,30H,3H2,1-2H3,(H,31,33). The van der Waals surface area contributed by atoms with Crippen molar-refractivity contribution >= 4 is 58.3 Å². The zero-order chi connectivity index (χ0) is 28.1. The quantitative estimate of drug-likeness (QED) is 0.314. The fourth-order valence-electron chi connectivity index (χ4n) is 3.73. The Hall–Kier alpha value is -4.96. The minimum absolute atomic E-state index is 0.153. The third-order valence-electron chi connectivity index (χ3n) is 5.60. The number of benzene rings is 3. The van der Waals surface area contributed by atoms with E-state index in [9.17, 15) is 24.0 Å². The van der Waals surface area contributed by atoms with Crippen LogP contribution in [0, 0.1) is 0 Å². The number of halogens is 1. The predicted octanol–water partition coefficient (Wildman–Crippen LogP) is 4.34. The van der Waals surface area contributed by atoms with Crippen molar-refractivity contribution in [3.05, 3.63) is 100 Å². The molecule has 0 unspecified atom stereocenters. The Morgan fingerprint density at radius 2 is 1.49 bits per heavy atom. The number of hydrogen-bond acceptors (Lipinski definition) is 8. The van der Waals surface area contributed by atoms with Gasteiger partial charge in [0.15, 0.2) is 0 Å². The Kier molecular flexibility index (Phi) is 8.07. The van der Waals surface area contributed by atoms with Gasteiger partial charge in [-0.2, -0.15) is 0 Å². The maximum Gasteiger partial charge on any atom is 0.338 e. The zero-order valence-corrected chi connectivity index (χ0v) is 21.6. The summed E-state index contributed by atoms with van der Waals surface area (Å²) in [7, 11) is 1.27. The van der Waals surface area contributed by atoms with Gasteiger partial charge in [-0.3, -0.25) is 14.4 Å². The highest BCUT2D eigenvalue weighted by Gasteiger charge is 2.39. The van der Waals surface area contributed by atoms with Crippen LogP contribution >= 0.6 is 11.6 Å². The van der Waals surface area contributed by atoms with Crippen LogP contribution in [0.5, 0.6) is 0 Å². The number of nitrogens with one attached hydrogen (secondary N) is 2. The van der Waals surface area contributed by atoms with Crippen molar-refractivity contribution in [2.45, 2.75) is 6.92 Å². The fourth-order valence-corrected chi connectivity index (χ4v) is 3.94. The first-order chi connectivity index (χ1) is 18.7. The summed E-state index contributed by atoms with van der Waals surface area (Å²) in [5.74, 6) is -3.01. The number of methoxy groups -OCH3 is 1. The minimum Gasteiger partial charge on any atom is -0.465 e. The summed E-state index contributed by atoms with van der Waals surface area (Å²) in [6.07, 6.45) is 0. The molecule has 0 saturated heterocycles. The van der Waals surface area contributed by atoms with Crippen molar-refractivity contribution in [2.75, 3.05) is 29.3 Å². The molecule has 3 aromatic rings. The lowest BCUT2D eigenvalue weighted by Crippen LogP contribution is -2.32. The molecule has 3 amide bonds. The molecule has 0 aromatic heterocycles. The Balaban J connectivity index is 1.46. The van der Waals surface area contributed by atoms with E-state index in [1.165, 1.54) is 49.6 Å². The number of hydrogen-bond donors (Lipinski definition) is 2. The van der Waals surface area contributed by atoms with Crippen molar-refractivity contribution in [2.24, 2.45) is 0 Å². The number of esters is 2. The summed E-state index contributed by atoms with van der Waals surface area (Å²) in [5, 5.41) is 5.20. The molecule has 198 valence electrons. The first kappa shape index (κ1) is 27.1. The van der Waals surface area contributed by atoms with Crippen LogP contribution in [0.4, 0.5) is 17.1 Å². The molecule has 1 heterocycles. The van der Waals surface area contributed by atoms with E-state index < -0.39 is 29.7 Å². The average Bonchev–Trinajstić information content (AvgIpc) is 3.16. The summed E-state index contributed by atoms with van der Waals surface area (Å²) >= 11 is 6.20. The number of anilines is 3. The molecule has 1 aliphatic rings. The van der Waals surface area contributed by atoms with Gasteiger partial charge in [0, 0.05) is 16.9 Å². The number of nitrogens with zero attached hydrogens (tertiary/aromatic N) is 1. The molecular weight excluding hydrogens is 526 g/mol. The van der Waals surface area contributed by atoms with Gasteiger partial charge in [0.2, 0.25) is 0 Å². The summed E-state index contributed by atoms with van der Waals surface area (Å²) < 4.78 is 9.66. The second kappa shape index (κ2) is 11.6. The van der Waals surface area contributed by atoms with E-state index in [1.807, 2.05) is 0 Å². The van der Waals surface area contributed by atoms with Crippen molar-refractivity contribution in [3.8, 4) is 0 Å². The number of rotatable bonds is 8. The molecule has 0 saturated carbocycles. The summed E-state index contributed by atoms with van der Waals surface area (Å²) in [5.41, 5.74) is 1.58. The van der Waals surface area contributed by atoms with Gasteiger partial charge in [0.05, 0.1) is 30.5 Å². The van der Waals surface area contributed by atoms with Crippen LogP contribution in [0.1, 0.15) is 38.0 Å². The van der Waals surface area contributed by atoms with Gasteiger partial charge in [-0.1, -0.05) is 23.7 Å². The van der Waals surface area contributed by atoms with Crippen LogP contribution in [0.25, 0.3) is 0 Å². The minimum atomic E-state index is -0.754. The smallest absolute Gasteiger partial charge is 0.338 e. The van der Waals surface area contributed by atoms with E-state index in [2.05, 4.69) is 15.4 Å². The lowest BCUT2D eigenvalue weighted by molar-refractivity contribution is -0.120. The van der Waals surface area contributed by atoms with Gasteiger partial charge in [-0.05, 0) is 67.6 Å². The second-order valence-electron chi connectivity index (χ2n) is 8.13. The number of carbonyl (C=O) groups is 5. The molecule has 11 heteroatoms. The highest BCUT2D eigenvalue weighted by Crippen LogP contribution is 2.31. The Bertz CT molecular complexity index is 1520. The second-order valence-corrected chi connectivity index (χ2v) is 8.51. The van der Waals surface area contributed by atoms with E-state index in [-0.39, 0.29) is 34.2 Å². The monoisotopic (exact) mass is 547 g/mol. The van der Waals surface area contributed by atoms with Crippen molar-refractivity contribution in [1.29, 1.82) is 0 Å². The molecule has 39 heavy (non-hydrogen) atoms. The van der Waals surface area contributed by atoms with Gasteiger partial charge >= 0.3 is 11.9 Å². The van der Waals surface area contributed by atoms with Crippen LogP contribution in [-0.4, -0.2) is 43.4 Å². The Morgan fingerprint density at radius 3 is 2.15 bits per heavy atom. The molecule has 0 spiro atoms. The fraction of sp³-hybridized carbons (Fsp3) is 0.107. The van der Waals surface area contributed by atoms with Crippen molar-refractivity contribution in [1.82, 2.24) is 0 Å². The van der Waals surface area contributed by atoms with E-state index >= 15 is 0 Å². The first-order valence-electron chi connectivity index (χ1n) is 11.7. The van der Waals surface area contributed by atoms with E-state index in [1.54, 1.807) is 37.3 Å². The largest absolute Gasteiger partial charge is 0.465 e. The normalized spacial score (nSPS) is 12.8. The third-order valence-corrected chi connectivity index (χ3v) is 5.95. The van der Waals surface area contributed by atoms with Gasteiger partial charge in [0.1, 0.15) is 10.7 Å². The molecule has 0 aliphatic carbocycles. The molecular formula is C28H22ClN3O7. The molecule has 0 radical (unpaired) electrons. The van der Waals surface area contributed by atoms with E-state index in [4.69, 9.17) is 16.3 Å². The summed E-state index contributed by atoms with van der Waals surface area (Å²) in [6.45, 7) is 1.84. The van der Waals surface area contributed by atoms with Crippen LogP contribution in [-0.2, 0) is 19.1 Å². The maximum atomic E-state index is 13.1. The Morgan fingerprint density at radius 1 is 0.821 bits per heavy atom. The highest BCUT2D eigenvalue weighted by molar-refractivity contribution is 6.53. The van der Waals surface area contributed by atoms with Crippen LogP contribution < -0.4 is 15.5 Å². The lowest BCUT2D eigenvalue weighted by Gasteiger charge is -2.16. The van der Waals surface area contributed by atoms with Crippen molar-refractivity contribution in [3.63, 3.8) is 0 Å². The lowest BCUT2D eigenvalue weighted by atomic mass is 10.1. The number of carbonyl (C=O) groups excluding carboxylic acids is 5. The van der Waals surface area contributed by atoms with E-state index in [0.717, 1.165) is 4.90 Å². The van der Waals surface area contributed by atoms with Gasteiger partial charge in [-0.15, -0.1) is 0 Å². The average molecular weight is 548 g/mol. The zero-order valence-electron chi connectivity index (χ0n) is 20.8. The molecule has 0 fully saturated rings. The number of imide groups is 1. The molecule has 1 aliphatic heterocycles. The molecule has 4 rings (SSSR count). The van der Waals surface area contributed by atoms with Crippen molar-refractivity contribution < 1.29 is 33.4 Å². The molecule has 3 aromatic carbocycles. The third kappa shape index (κ3) is 5.81. The highest BCUT2D eigenvalue weighted by atomic mass is 35.5. The van der Waals surface area contributed by atoms with Gasteiger partial charge in [0.25, 0.3) is 17.7 Å². The van der Waals surface area contributed by atoms with Gasteiger partial charge in [-0.25, -0.2) is 14.5 Å².